The van der Waals surface area contributed by atoms with E-state index < -0.39 is 0 Å². The summed E-state index contributed by atoms with van der Waals surface area (Å²) in [4.78, 5) is 21.7. The molecule has 0 aliphatic rings. The summed E-state index contributed by atoms with van der Waals surface area (Å²) >= 11 is 0. The van der Waals surface area contributed by atoms with E-state index in [2.05, 4.69) is 22.6 Å². The van der Waals surface area contributed by atoms with E-state index in [1.165, 1.54) is 24.4 Å². The summed E-state index contributed by atoms with van der Waals surface area (Å²) in [6.45, 7) is 2.06. The summed E-state index contributed by atoms with van der Waals surface area (Å²) in [6.07, 6.45) is 4.59. The quantitative estimate of drug-likeness (QED) is 0.343. The molecule has 6 heteroatoms. The molecule has 6 nitrogen and oxygen atoms in total. The fourth-order valence-corrected chi connectivity index (χ4v) is 1.47. The fraction of sp³-hybridized carbons (Fsp3) is 0.385. The maximum atomic E-state index is 11.4. The number of phenolic OH excluding ortho intramolecular Hbond substituents is 1. The van der Waals surface area contributed by atoms with Crippen molar-refractivity contribution in [1.82, 2.24) is 5.43 Å². The number of nitrogens with one attached hydrogen (secondary N) is 1. The second-order valence-corrected chi connectivity index (χ2v) is 4.08. The summed E-state index contributed by atoms with van der Waals surface area (Å²) in [5, 5.41) is 16.0. The molecule has 1 aromatic carbocycles. The highest BCUT2D eigenvalue weighted by atomic mass is 16.3. The number of phenols is 1. The Morgan fingerprint density at radius 2 is 2.21 bits per heavy atom. The average Bonchev–Trinajstić information content (AvgIpc) is 2.41. The van der Waals surface area contributed by atoms with Crippen LogP contribution < -0.4 is 5.43 Å². The van der Waals surface area contributed by atoms with Crippen LogP contribution in [0.3, 0.4) is 0 Å². The van der Waals surface area contributed by atoms with Gasteiger partial charge in [-0.25, -0.2) is 5.43 Å². The van der Waals surface area contributed by atoms with Crippen LogP contribution in [0.4, 0.5) is 5.69 Å². The molecule has 0 saturated heterocycles. The van der Waals surface area contributed by atoms with Gasteiger partial charge < -0.3 is 5.11 Å². The monoisotopic (exact) mass is 263 g/mol. The summed E-state index contributed by atoms with van der Waals surface area (Å²) in [5.41, 5.74) is 2.88. The van der Waals surface area contributed by atoms with Gasteiger partial charge in [-0.3, -0.25) is 4.79 Å². The first-order valence-electron chi connectivity index (χ1n) is 6.15. The molecule has 0 saturated carbocycles. The van der Waals surface area contributed by atoms with E-state index in [4.69, 9.17) is 0 Å². The van der Waals surface area contributed by atoms with Gasteiger partial charge in [-0.1, -0.05) is 19.8 Å². The maximum absolute atomic E-state index is 11.4. The number of hydrogen-bond acceptors (Lipinski definition) is 5. The van der Waals surface area contributed by atoms with Crippen LogP contribution in [0.1, 0.15) is 38.2 Å². The molecule has 0 bridgehead atoms. The number of unbranched alkanes of at least 4 members (excludes halogenated alkanes) is 2. The van der Waals surface area contributed by atoms with E-state index in [1.807, 2.05) is 0 Å². The van der Waals surface area contributed by atoms with Crippen molar-refractivity contribution in [3.8, 4) is 5.75 Å². The first-order valence-corrected chi connectivity index (χ1v) is 6.15. The molecule has 0 unspecified atom stereocenters. The predicted octanol–water partition coefficient (Wildman–Crippen LogP) is 2.82. The molecule has 1 rings (SSSR count). The lowest BCUT2D eigenvalue weighted by Crippen LogP contribution is -2.16. The second kappa shape index (κ2) is 7.97. The van der Waals surface area contributed by atoms with Crippen molar-refractivity contribution in [2.75, 3.05) is 0 Å². The summed E-state index contributed by atoms with van der Waals surface area (Å²) < 4.78 is 0. The highest BCUT2D eigenvalue weighted by Gasteiger charge is 2.01. The number of carbonyl (C=O) groups is 1. The fourth-order valence-electron chi connectivity index (χ4n) is 1.47. The van der Waals surface area contributed by atoms with Gasteiger partial charge in [0.2, 0.25) is 5.91 Å². The van der Waals surface area contributed by atoms with Gasteiger partial charge in [0.15, 0.2) is 0 Å². The predicted molar refractivity (Wildman–Crippen MR) is 73.4 cm³/mol. The minimum absolute atomic E-state index is 0.0311. The molecule has 1 aromatic rings. The van der Waals surface area contributed by atoms with Crippen molar-refractivity contribution in [3.63, 3.8) is 0 Å². The number of hydrazone groups is 1. The number of nitroso groups, excluding NO2 is 1. The number of carbonyl (C=O) groups excluding carboxylic acids is 1. The topological polar surface area (TPSA) is 91.1 Å². The molecule has 0 aliphatic carbocycles. The number of aromatic hydroxyl groups is 1. The Hall–Kier alpha value is -2.24. The van der Waals surface area contributed by atoms with E-state index in [-0.39, 0.29) is 17.3 Å². The third-order valence-electron chi connectivity index (χ3n) is 2.52. The smallest absolute Gasteiger partial charge is 0.240 e. The van der Waals surface area contributed by atoms with Crippen LogP contribution in [0.2, 0.25) is 0 Å². The first-order chi connectivity index (χ1) is 9.17. The Morgan fingerprint density at radius 3 is 2.89 bits per heavy atom. The van der Waals surface area contributed by atoms with E-state index in [1.54, 1.807) is 0 Å². The van der Waals surface area contributed by atoms with Crippen LogP contribution in [-0.4, -0.2) is 17.2 Å². The maximum Gasteiger partial charge on any atom is 0.240 e. The number of hydrogen-bond donors (Lipinski definition) is 2. The lowest BCUT2D eigenvalue weighted by atomic mass is 10.2. The van der Waals surface area contributed by atoms with Gasteiger partial charge in [0.1, 0.15) is 11.4 Å². The van der Waals surface area contributed by atoms with E-state index in [0.29, 0.717) is 12.0 Å². The zero-order chi connectivity index (χ0) is 14.1. The van der Waals surface area contributed by atoms with Crippen LogP contribution in [0.5, 0.6) is 5.75 Å². The number of nitrogens with zero attached hydrogens (tertiary/aromatic N) is 2. The van der Waals surface area contributed by atoms with Crippen molar-refractivity contribution < 1.29 is 9.90 Å². The van der Waals surface area contributed by atoms with Gasteiger partial charge in [0, 0.05) is 12.0 Å². The molecule has 0 aliphatic heterocycles. The van der Waals surface area contributed by atoms with Crippen LogP contribution >= 0.6 is 0 Å². The summed E-state index contributed by atoms with van der Waals surface area (Å²) in [6, 6.07) is 4.12. The largest absolute Gasteiger partial charge is 0.507 e. The molecule has 0 heterocycles. The summed E-state index contributed by atoms with van der Waals surface area (Å²) in [5.74, 6) is -0.203. The zero-order valence-corrected chi connectivity index (χ0v) is 10.8. The molecule has 2 N–H and O–H groups in total. The van der Waals surface area contributed by atoms with Gasteiger partial charge in [-0.15, -0.1) is 4.91 Å². The van der Waals surface area contributed by atoms with Gasteiger partial charge in [-0.2, -0.15) is 5.10 Å². The first kappa shape index (κ1) is 14.8. The highest BCUT2D eigenvalue weighted by Crippen LogP contribution is 2.21. The molecule has 0 radical (unpaired) electrons. The van der Waals surface area contributed by atoms with E-state index in [9.17, 15) is 14.8 Å². The second-order valence-electron chi connectivity index (χ2n) is 4.08. The van der Waals surface area contributed by atoms with Crippen molar-refractivity contribution in [1.29, 1.82) is 0 Å². The molecule has 0 spiro atoms. The van der Waals surface area contributed by atoms with E-state index >= 15 is 0 Å². The number of benzene rings is 1. The highest BCUT2D eigenvalue weighted by molar-refractivity contribution is 5.86. The molecule has 0 atom stereocenters. The van der Waals surface area contributed by atoms with Crippen molar-refractivity contribution in [3.05, 3.63) is 28.7 Å². The third kappa shape index (κ3) is 5.29. The zero-order valence-electron chi connectivity index (χ0n) is 10.8. The molecular weight excluding hydrogens is 246 g/mol. The minimum atomic E-state index is -0.172. The van der Waals surface area contributed by atoms with Crippen LogP contribution in [0.25, 0.3) is 0 Å². The Bertz CT molecular complexity index is 472. The Balaban J connectivity index is 2.52. The van der Waals surface area contributed by atoms with Crippen LogP contribution in [0, 0.1) is 4.91 Å². The van der Waals surface area contributed by atoms with Gasteiger partial charge >= 0.3 is 0 Å². The molecule has 1 amide bonds. The van der Waals surface area contributed by atoms with Gasteiger partial charge in [-0.05, 0) is 29.8 Å². The molecule has 0 aromatic heterocycles. The lowest BCUT2D eigenvalue weighted by molar-refractivity contribution is -0.121. The Kier molecular flexibility index (Phi) is 6.21. The standard InChI is InChI=1S/C13H17N3O3/c1-2-3-4-5-13(18)15-14-9-10-8-11(16-19)6-7-12(10)17/h6-9,17H,2-5H2,1H3,(H,15,18). The number of amides is 1. The molecule has 102 valence electrons. The molecule has 0 fully saturated rings. The Morgan fingerprint density at radius 1 is 1.42 bits per heavy atom. The minimum Gasteiger partial charge on any atom is -0.507 e. The lowest BCUT2D eigenvalue weighted by Gasteiger charge is -2.00. The normalized spacial score (nSPS) is 10.6. The van der Waals surface area contributed by atoms with Crippen LogP contribution in [-0.2, 0) is 4.79 Å². The van der Waals surface area contributed by atoms with Crippen molar-refractivity contribution in [2.24, 2.45) is 10.3 Å². The SMILES string of the molecule is CCCCCC(=O)NN=Cc1cc(N=O)ccc1O. The van der Waals surface area contributed by atoms with Crippen molar-refractivity contribution >= 4 is 17.8 Å². The molecule has 19 heavy (non-hydrogen) atoms. The third-order valence-corrected chi connectivity index (χ3v) is 2.52. The van der Waals surface area contributed by atoms with E-state index in [0.717, 1.165) is 19.3 Å². The average molecular weight is 263 g/mol. The van der Waals surface area contributed by atoms with Gasteiger partial charge in [0.25, 0.3) is 0 Å². The summed E-state index contributed by atoms with van der Waals surface area (Å²) in [7, 11) is 0. The van der Waals surface area contributed by atoms with Gasteiger partial charge in [0.05, 0.1) is 6.21 Å². The molecular formula is C13H17N3O3. The number of rotatable bonds is 7. The van der Waals surface area contributed by atoms with Crippen molar-refractivity contribution in [2.45, 2.75) is 32.6 Å². The van der Waals surface area contributed by atoms with Crippen LogP contribution in [0.15, 0.2) is 28.5 Å². The Labute approximate surface area is 111 Å².